The quantitative estimate of drug-likeness (QED) is 0.715. The van der Waals surface area contributed by atoms with E-state index < -0.39 is 12.1 Å². The molecule has 0 fully saturated rings. The molecule has 3 aromatic rings. The fourth-order valence-electron chi connectivity index (χ4n) is 2.71. The SMILES string of the molecule is Cc1ccccc1NC(=O)C(C)OC(=O)Cc1cccc2cccnc12. The molecule has 1 N–H and O–H groups in total. The van der Waals surface area contributed by atoms with Crippen LogP contribution >= 0.6 is 0 Å². The molecule has 2 aromatic carbocycles. The van der Waals surface area contributed by atoms with Gasteiger partial charge in [-0.1, -0.05) is 42.5 Å². The number of pyridine rings is 1. The van der Waals surface area contributed by atoms with E-state index in [4.69, 9.17) is 4.74 Å². The highest BCUT2D eigenvalue weighted by Gasteiger charge is 2.19. The molecule has 0 saturated heterocycles. The minimum atomic E-state index is -0.884. The number of hydrogen-bond donors (Lipinski definition) is 1. The number of ether oxygens (including phenoxy) is 1. The summed E-state index contributed by atoms with van der Waals surface area (Å²) in [6.45, 7) is 3.46. The van der Waals surface area contributed by atoms with Crippen LogP contribution in [0.4, 0.5) is 5.69 Å². The number of nitrogens with zero attached hydrogens (tertiary/aromatic N) is 1. The highest BCUT2D eigenvalue weighted by atomic mass is 16.5. The molecule has 0 saturated carbocycles. The number of nitrogens with one attached hydrogen (secondary N) is 1. The van der Waals surface area contributed by atoms with Crippen molar-refractivity contribution in [2.75, 3.05) is 5.32 Å². The second-order valence-corrected chi connectivity index (χ2v) is 6.11. The summed E-state index contributed by atoms with van der Waals surface area (Å²) in [6.07, 6.45) is 0.872. The predicted molar refractivity (Wildman–Crippen MR) is 101 cm³/mol. The lowest BCUT2D eigenvalue weighted by molar-refractivity contribution is -0.152. The van der Waals surface area contributed by atoms with E-state index in [9.17, 15) is 9.59 Å². The molecule has 1 unspecified atom stereocenters. The van der Waals surface area contributed by atoms with Crippen molar-refractivity contribution in [1.82, 2.24) is 4.98 Å². The topological polar surface area (TPSA) is 68.3 Å². The third-order valence-corrected chi connectivity index (χ3v) is 4.13. The summed E-state index contributed by atoms with van der Waals surface area (Å²) in [5.74, 6) is -0.820. The number of para-hydroxylation sites is 2. The minimum absolute atomic E-state index is 0.0658. The number of fused-ring (bicyclic) bond motifs is 1. The van der Waals surface area contributed by atoms with Crippen LogP contribution in [0.5, 0.6) is 0 Å². The maximum atomic E-state index is 12.3. The number of benzene rings is 2. The number of carbonyl (C=O) groups is 2. The van der Waals surface area contributed by atoms with Crippen LogP contribution in [0.1, 0.15) is 18.1 Å². The Hall–Kier alpha value is -3.21. The molecule has 0 aliphatic carbocycles. The number of rotatable bonds is 5. The van der Waals surface area contributed by atoms with Crippen LogP contribution in [-0.2, 0) is 20.7 Å². The summed E-state index contributed by atoms with van der Waals surface area (Å²) in [6, 6.07) is 16.9. The summed E-state index contributed by atoms with van der Waals surface area (Å²) in [4.78, 5) is 28.9. The van der Waals surface area contributed by atoms with Gasteiger partial charge >= 0.3 is 5.97 Å². The van der Waals surface area contributed by atoms with Gasteiger partial charge in [-0.3, -0.25) is 14.6 Å². The van der Waals surface area contributed by atoms with E-state index in [-0.39, 0.29) is 12.3 Å². The molecular weight excluding hydrogens is 328 g/mol. The van der Waals surface area contributed by atoms with Gasteiger partial charge in [0.05, 0.1) is 11.9 Å². The molecule has 0 aliphatic heterocycles. The third-order valence-electron chi connectivity index (χ3n) is 4.13. The summed E-state index contributed by atoms with van der Waals surface area (Å²) in [5.41, 5.74) is 3.20. The second-order valence-electron chi connectivity index (χ2n) is 6.11. The van der Waals surface area contributed by atoms with Crippen molar-refractivity contribution in [3.05, 3.63) is 71.9 Å². The van der Waals surface area contributed by atoms with Crippen molar-refractivity contribution in [2.24, 2.45) is 0 Å². The fourth-order valence-corrected chi connectivity index (χ4v) is 2.71. The van der Waals surface area contributed by atoms with E-state index in [1.807, 2.05) is 61.5 Å². The van der Waals surface area contributed by atoms with Gasteiger partial charge < -0.3 is 10.1 Å². The van der Waals surface area contributed by atoms with E-state index in [1.54, 1.807) is 13.1 Å². The highest BCUT2D eigenvalue weighted by Crippen LogP contribution is 2.17. The third kappa shape index (κ3) is 4.06. The average molecular weight is 348 g/mol. The molecule has 3 rings (SSSR count). The largest absolute Gasteiger partial charge is 0.452 e. The van der Waals surface area contributed by atoms with Crippen molar-refractivity contribution in [2.45, 2.75) is 26.4 Å². The molecule has 132 valence electrons. The Morgan fingerprint density at radius 3 is 2.65 bits per heavy atom. The number of aryl methyl sites for hydroxylation is 1. The highest BCUT2D eigenvalue weighted by molar-refractivity contribution is 5.96. The first kappa shape index (κ1) is 17.6. The molecule has 5 heteroatoms. The molecule has 0 spiro atoms. The standard InChI is InChI=1S/C21H20N2O3/c1-14-7-3-4-11-18(14)23-21(25)15(2)26-19(24)13-17-9-5-8-16-10-6-12-22-20(16)17/h3-12,15H,13H2,1-2H3,(H,23,25). The zero-order valence-electron chi connectivity index (χ0n) is 14.7. The molecule has 5 nitrogen and oxygen atoms in total. The molecule has 1 atom stereocenters. The lowest BCUT2D eigenvalue weighted by Crippen LogP contribution is -2.30. The van der Waals surface area contributed by atoms with Crippen LogP contribution in [0.3, 0.4) is 0 Å². The Morgan fingerprint density at radius 2 is 1.85 bits per heavy atom. The van der Waals surface area contributed by atoms with Crippen molar-refractivity contribution in [3.8, 4) is 0 Å². The Balaban J connectivity index is 1.64. The van der Waals surface area contributed by atoms with E-state index in [2.05, 4.69) is 10.3 Å². The van der Waals surface area contributed by atoms with Gasteiger partial charge in [0.15, 0.2) is 6.10 Å². The van der Waals surface area contributed by atoms with Crippen molar-refractivity contribution < 1.29 is 14.3 Å². The number of carbonyl (C=O) groups excluding carboxylic acids is 2. The normalized spacial score (nSPS) is 11.8. The van der Waals surface area contributed by atoms with E-state index in [0.717, 1.165) is 22.0 Å². The Morgan fingerprint density at radius 1 is 1.08 bits per heavy atom. The van der Waals surface area contributed by atoms with Crippen LogP contribution in [0.15, 0.2) is 60.8 Å². The number of esters is 1. The van der Waals surface area contributed by atoms with Crippen molar-refractivity contribution in [3.63, 3.8) is 0 Å². The predicted octanol–water partition coefficient (Wildman–Crippen LogP) is 3.66. The lowest BCUT2D eigenvalue weighted by Gasteiger charge is -2.15. The summed E-state index contributed by atoms with van der Waals surface area (Å²) < 4.78 is 5.30. The van der Waals surface area contributed by atoms with Crippen molar-refractivity contribution >= 4 is 28.5 Å². The Labute approximate surface area is 152 Å². The smallest absolute Gasteiger partial charge is 0.311 e. The first-order valence-corrected chi connectivity index (χ1v) is 8.43. The van der Waals surface area contributed by atoms with E-state index in [1.165, 1.54) is 0 Å². The molecule has 0 aliphatic rings. The average Bonchev–Trinajstić information content (AvgIpc) is 2.64. The summed E-state index contributed by atoms with van der Waals surface area (Å²) >= 11 is 0. The minimum Gasteiger partial charge on any atom is -0.452 e. The second kappa shape index (κ2) is 7.78. The van der Waals surface area contributed by atoms with E-state index >= 15 is 0 Å². The Bertz CT molecular complexity index is 947. The van der Waals surface area contributed by atoms with E-state index in [0.29, 0.717) is 5.69 Å². The zero-order chi connectivity index (χ0) is 18.5. The monoisotopic (exact) mass is 348 g/mol. The maximum absolute atomic E-state index is 12.3. The molecule has 1 heterocycles. The van der Waals surface area contributed by atoms with Crippen LogP contribution < -0.4 is 5.32 Å². The fraction of sp³-hybridized carbons (Fsp3) is 0.190. The number of anilines is 1. The van der Waals surface area contributed by atoms with Gasteiger partial charge in [0.2, 0.25) is 0 Å². The van der Waals surface area contributed by atoms with Gasteiger partial charge in [-0.05, 0) is 37.1 Å². The van der Waals surface area contributed by atoms with Gasteiger partial charge in [-0.25, -0.2) is 0 Å². The number of amides is 1. The van der Waals surface area contributed by atoms with Crippen LogP contribution in [0.25, 0.3) is 10.9 Å². The molecule has 26 heavy (non-hydrogen) atoms. The first-order valence-electron chi connectivity index (χ1n) is 8.43. The first-order chi connectivity index (χ1) is 12.5. The summed E-state index contributed by atoms with van der Waals surface area (Å²) in [5, 5.41) is 3.74. The number of aromatic nitrogens is 1. The molecule has 1 aromatic heterocycles. The number of hydrogen-bond acceptors (Lipinski definition) is 4. The van der Waals surface area contributed by atoms with Gasteiger partial charge in [0.25, 0.3) is 5.91 Å². The van der Waals surface area contributed by atoms with Gasteiger partial charge in [-0.2, -0.15) is 0 Å². The van der Waals surface area contributed by atoms with Crippen LogP contribution in [-0.4, -0.2) is 23.0 Å². The molecular formula is C21H20N2O3. The van der Waals surface area contributed by atoms with Crippen LogP contribution in [0.2, 0.25) is 0 Å². The van der Waals surface area contributed by atoms with Crippen LogP contribution in [0, 0.1) is 6.92 Å². The molecule has 0 radical (unpaired) electrons. The van der Waals surface area contributed by atoms with Gasteiger partial charge in [0, 0.05) is 17.3 Å². The molecule has 0 bridgehead atoms. The maximum Gasteiger partial charge on any atom is 0.311 e. The van der Waals surface area contributed by atoms with Gasteiger partial charge in [-0.15, -0.1) is 0 Å². The lowest BCUT2D eigenvalue weighted by atomic mass is 10.1. The van der Waals surface area contributed by atoms with Crippen molar-refractivity contribution in [1.29, 1.82) is 0 Å². The van der Waals surface area contributed by atoms with Gasteiger partial charge in [0.1, 0.15) is 0 Å². The zero-order valence-corrected chi connectivity index (χ0v) is 14.7. The summed E-state index contributed by atoms with van der Waals surface area (Å²) in [7, 11) is 0. The Kier molecular flexibility index (Phi) is 5.27. The molecule has 1 amide bonds.